The van der Waals surface area contributed by atoms with Crippen LogP contribution in [0.2, 0.25) is 0 Å². The molecule has 0 radical (unpaired) electrons. The van der Waals surface area contributed by atoms with Crippen LogP contribution in [-0.2, 0) is 6.61 Å². The quantitative estimate of drug-likeness (QED) is 0.747. The van der Waals surface area contributed by atoms with Gasteiger partial charge in [-0.2, -0.15) is 0 Å². The van der Waals surface area contributed by atoms with Crippen molar-refractivity contribution < 1.29 is 13.9 Å². The summed E-state index contributed by atoms with van der Waals surface area (Å²) in [6.07, 6.45) is 1.71. The van der Waals surface area contributed by atoms with Gasteiger partial charge in [0.15, 0.2) is 5.13 Å². The molecule has 24 heavy (non-hydrogen) atoms. The first kappa shape index (κ1) is 16.1. The van der Waals surface area contributed by atoms with Gasteiger partial charge in [0.1, 0.15) is 18.2 Å². The second-order valence-corrected chi connectivity index (χ2v) is 6.41. The lowest BCUT2D eigenvalue weighted by Gasteiger charge is -2.08. The van der Waals surface area contributed by atoms with Crippen LogP contribution in [0, 0.1) is 12.7 Å². The lowest BCUT2D eigenvalue weighted by atomic mass is 10.2. The minimum Gasteiger partial charge on any atom is -0.489 e. The second kappa shape index (κ2) is 7.23. The molecule has 6 heteroatoms. The summed E-state index contributed by atoms with van der Waals surface area (Å²) < 4.78 is 18.5. The molecule has 122 valence electrons. The second-order valence-electron chi connectivity index (χ2n) is 5.17. The zero-order valence-electron chi connectivity index (χ0n) is 13.0. The van der Waals surface area contributed by atoms with Crippen LogP contribution >= 0.6 is 11.3 Å². The van der Waals surface area contributed by atoms with Crippen molar-refractivity contribution in [2.75, 3.05) is 5.32 Å². The minimum absolute atomic E-state index is 0.239. The molecule has 1 heterocycles. The van der Waals surface area contributed by atoms with E-state index in [1.165, 1.54) is 23.5 Å². The molecule has 0 spiro atoms. The summed E-state index contributed by atoms with van der Waals surface area (Å²) >= 11 is 1.42. The van der Waals surface area contributed by atoms with Crippen LogP contribution in [0.4, 0.5) is 9.52 Å². The molecule has 3 rings (SSSR count). The Morgan fingerprint density at radius 2 is 2.04 bits per heavy atom. The van der Waals surface area contributed by atoms with E-state index < -0.39 is 0 Å². The Kier molecular flexibility index (Phi) is 4.86. The van der Waals surface area contributed by atoms with Gasteiger partial charge in [0.2, 0.25) is 0 Å². The van der Waals surface area contributed by atoms with E-state index in [-0.39, 0.29) is 11.7 Å². The summed E-state index contributed by atoms with van der Waals surface area (Å²) in [6.45, 7) is 2.23. The molecule has 1 amide bonds. The largest absolute Gasteiger partial charge is 0.489 e. The number of anilines is 1. The summed E-state index contributed by atoms with van der Waals surface area (Å²) in [5.41, 5.74) is 1.34. The van der Waals surface area contributed by atoms with E-state index in [1.807, 2.05) is 6.92 Å². The maximum absolute atomic E-state index is 12.9. The number of amides is 1. The first-order valence-electron chi connectivity index (χ1n) is 7.31. The Bertz CT molecular complexity index is 846. The van der Waals surface area contributed by atoms with Crippen LogP contribution in [0.5, 0.6) is 5.75 Å². The average Bonchev–Trinajstić information content (AvgIpc) is 2.99. The number of rotatable bonds is 5. The van der Waals surface area contributed by atoms with Crippen LogP contribution in [0.25, 0.3) is 0 Å². The molecule has 1 aromatic heterocycles. The zero-order chi connectivity index (χ0) is 16.9. The van der Waals surface area contributed by atoms with Gasteiger partial charge in [-0.25, -0.2) is 9.37 Å². The molecule has 0 aliphatic carbocycles. The molecule has 0 unspecified atom stereocenters. The van der Waals surface area contributed by atoms with Crippen molar-refractivity contribution in [3.8, 4) is 5.75 Å². The Balaban J connectivity index is 1.64. The van der Waals surface area contributed by atoms with Gasteiger partial charge < -0.3 is 4.74 Å². The third-order valence-electron chi connectivity index (χ3n) is 3.26. The highest BCUT2D eigenvalue weighted by atomic mass is 32.1. The molecule has 0 bridgehead atoms. The number of hydrogen-bond donors (Lipinski definition) is 1. The summed E-state index contributed by atoms with van der Waals surface area (Å²) in [5.74, 6) is 0.0497. The van der Waals surface area contributed by atoms with E-state index in [9.17, 15) is 9.18 Å². The van der Waals surface area contributed by atoms with E-state index in [0.29, 0.717) is 23.1 Å². The van der Waals surface area contributed by atoms with Gasteiger partial charge in [-0.05, 0) is 42.8 Å². The van der Waals surface area contributed by atoms with Crippen LogP contribution in [-0.4, -0.2) is 10.9 Å². The van der Waals surface area contributed by atoms with E-state index in [1.54, 1.807) is 42.6 Å². The molecule has 2 aromatic carbocycles. The van der Waals surface area contributed by atoms with Gasteiger partial charge >= 0.3 is 0 Å². The van der Waals surface area contributed by atoms with Crippen LogP contribution < -0.4 is 10.1 Å². The number of nitrogens with zero attached hydrogens (tertiary/aromatic N) is 1. The molecule has 1 N–H and O–H groups in total. The molecular weight excluding hydrogens is 327 g/mol. The fraction of sp³-hybridized carbons (Fsp3) is 0.111. The number of carbonyl (C=O) groups excluding carboxylic acids is 1. The average molecular weight is 342 g/mol. The van der Waals surface area contributed by atoms with Crippen molar-refractivity contribution >= 4 is 22.4 Å². The SMILES string of the molecule is Cc1cnc(NC(=O)c2cccc(OCc3ccc(F)cc3)c2)s1. The van der Waals surface area contributed by atoms with Crippen LogP contribution in [0.1, 0.15) is 20.8 Å². The molecule has 0 saturated heterocycles. The standard InChI is InChI=1S/C18H15FN2O2S/c1-12-10-20-18(24-12)21-17(22)14-3-2-4-16(9-14)23-11-13-5-7-15(19)8-6-13/h2-10H,11H2,1H3,(H,20,21,22). The monoisotopic (exact) mass is 342 g/mol. The van der Waals surface area contributed by atoms with E-state index in [2.05, 4.69) is 10.3 Å². The molecule has 0 aliphatic heterocycles. The molecule has 0 atom stereocenters. The van der Waals surface area contributed by atoms with Crippen molar-refractivity contribution in [3.05, 3.63) is 76.5 Å². The van der Waals surface area contributed by atoms with Crippen molar-refractivity contribution in [1.82, 2.24) is 4.98 Å². The highest BCUT2D eigenvalue weighted by Crippen LogP contribution is 2.19. The lowest BCUT2D eigenvalue weighted by molar-refractivity contribution is 0.102. The lowest BCUT2D eigenvalue weighted by Crippen LogP contribution is -2.11. The van der Waals surface area contributed by atoms with Gasteiger partial charge in [-0.15, -0.1) is 11.3 Å². The number of benzene rings is 2. The first-order valence-corrected chi connectivity index (χ1v) is 8.13. The molecule has 0 saturated carbocycles. The summed E-state index contributed by atoms with van der Waals surface area (Å²) in [5, 5.41) is 3.32. The van der Waals surface area contributed by atoms with Gasteiger partial charge in [-0.3, -0.25) is 10.1 Å². The fourth-order valence-electron chi connectivity index (χ4n) is 2.06. The zero-order valence-corrected chi connectivity index (χ0v) is 13.8. The third-order valence-corrected chi connectivity index (χ3v) is 4.08. The van der Waals surface area contributed by atoms with Gasteiger partial charge in [0, 0.05) is 16.6 Å². The maximum atomic E-state index is 12.9. The summed E-state index contributed by atoms with van der Waals surface area (Å²) in [6, 6.07) is 13.0. The Morgan fingerprint density at radius 1 is 1.25 bits per heavy atom. The number of halogens is 1. The Labute approximate surface area is 142 Å². The number of aromatic nitrogens is 1. The first-order chi connectivity index (χ1) is 11.6. The van der Waals surface area contributed by atoms with Gasteiger partial charge in [0.05, 0.1) is 0 Å². The highest BCUT2D eigenvalue weighted by molar-refractivity contribution is 7.15. The smallest absolute Gasteiger partial charge is 0.257 e. The molecule has 0 fully saturated rings. The van der Waals surface area contributed by atoms with E-state index >= 15 is 0 Å². The minimum atomic E-state index is -0.283. The van der Waals surface area contributed by atoms with Gasteiger partial charge in [0.25, 0.3) is 5.91 Å². The highest BCUT2D eigenvalue weighted by Gasteiger charge is 2.09. The molecular formula is C18H15FN2O2S. The molecule has 4 nitrogen and oxygen atoms in total. The molecule has 0 aliphatic rings. The Morgan fingerprint density at radius 3 is 2.75 bits per heavy atom. The predicted molar refractivity (Wildman–Crippen MR) is 92.0 cm³/mol. The topological polar surface area (TPSA) is 51.2 Å². The van der Waals surface area contributed by atoms with Crippen molar-refractivity contribution in [1.29, 1.82) is 0 Å². The van der Waals surface area contributed by atoms with Crippen molar-refractivity contribution in [3.63, 3.8) is 0 Å². The molecule has 3 aromatic rings. The number of carbonyl (C=O) groups is 1. The summed E-state index contributed by atoms with van der Waals surface area (Å²) in [7, 11) is 0. The number of ether oxygens (including phenoxy) is 1. The number of aryl methyl sites for hydroxylation is 1. The predicted octanol–water partition coefficient (Wildman–Crippen LogP) is 4.42. The van der Waals surface area contributed by atoms with Crippen molar-refractivity contribution in [2.45, 2.75) is 13.5 Å². The number of nitrogens with one attached hydrogen (secondary N) is 1. The van der Waals surface area contributed by atoms with Crippen LogP contribution in [0.15, 0.2) is 54.7 Å². The number of thiazole rings is 1. The van der Waals surface area contributed by atoms with Crippen molar-refractivity contribution in [2.24, 2.45) is 0 Å². The summed E-state index contributed by atoms with van der Waals surface area (Å²) in [4.78, 5) is 17.4. The fourth-order valence-corrected chi connectivity index (χ4v) is 2.72. The third kappa shape index (κ3) is 4.17. The van der Waals surface area contributed by atoms with Gasteiger partial charge in [-0.1, -0.05) is 18.2 Å². The van der Waals surface area contributed by atoms with Crippen LogP contribution in [0.3, 0.4) is 0 Å². The number of hydrogen-bond acceptors (Lipinski definition) is 4. The van der Waals surface area contributed by atoms with E-state index in [0.717, 1.165) is 10.4 Å². The normalized spacial score (nSPS) is 10.4. The Hall–Kier alpha value is -2.73. The van der Waals surface area contributed by atoms with E-state index in [4.69, 9.17) is 4.74 Å². The maximum Gasteiger partial charge on any atom is 0.257 e.